The van der Waals surface area contributed by atoms with Gasteiger partial charge >= 0.3 is 5.69 Å². The van der Waals surface area contributed by atoms with E-state index in [9.17, 15) is 17.6 Å². The zero-order valence-electron chi connectivity index (χ0n) is 13.0. The van der Waals surface area contributed by atoms with E-state index in [0.717, 1.165) is 0 Å². The van der Waals surface area contributed by atoms with Crippen molar-refractivity contribution in [3.8, 4) is 0 Å². The van der Waals surface area contributed by atoms with Crippen LogP contribution in [0.4, 0.5) is 4.39 Å². The van der Waals surface area contributed by atoms with Gasteiger partial charge in [-0.05, 0) is 32.0 Å². The van der Waals surface area contributed by atoms with E-state index in [2.05, 4.69) is 14.9 Å². The zero-order chi connectivity index (χ0) is 17.5. The summed E-state index contributed by atoms with van der Waals surface area (Å²) in [5.74, 6) is -0.269. The SMILES string of the molecule is Cc1noc(C)c1S(=O)(=O)NCCn1c(=O)[nH]c2cc(F)ccc21. The van der Waals surface area contributed by atoms with Crippen LogP contribution in [0.25, 0.3) is 11.0 Å². The predicted octanol–water partition coefficient (Wildman–Crippen LogP) is 1.05. The highest BCUT2D eigenvalue weighted by atomic mass is 32.2. The van der Waals surface area contributed by atoms with E-state index in [-0.39, 0.29) is 29.4 Å². The Morgan fingerprint density at radius 2 is 2.12 bits per heavy atom. The Kier molecular flexibility index (Phi) is 4.01. The second-order valence-corrected chi connectivity index (χ2v) is 7.00. The Labute approximate surface area is 136 Å². The van der Waals surface area contributed by atoms with Crippen LogP contribution in [0, 0.1) is 19.7 Å². The summed E-state index contributed by atoms with van der Waals surface area (Å²) in [5.41, 5.74) is 0.679. The van der Waals surface area contributed by atoms with Crippen LogP contribution in [-0.2, 0) is 16.6 Å². The number of nitrogens with zero attached hydrogens (tertiary/aromatic N) is 2. The lowest BCUT2D eigenvalue weighted by Crippen LogP contribution is -2.30. The number of hydrogen-bond donors (Lipinski definition) is 2. The zero-order valence-corrected chi connectivity index (χ0v) is 13.8. The second kappa shape index (κ2) is 5.87. The summed E-state index contributed by atoms with van der Waals surface area (Å²) in [6, 6.07) is 3.91. The third-order valence-corrected chi connectivity index (χ3v) is 5.30. The largest absolute Gasteiger partial charge is 0.360 e. The first-order valence-electron chi connectivity index (χ1n) is 7.10. The normalized spacial score (nSPS) is 12.1. The molecule has 0 saturated heterocycles. The molecule has 0 saturated carbocycles. The molecular weight excluding hydrogens is 339 g/mol. The van der Waals surface area contributed by atoms with Crippen LogP contribution in [0.1, 0.15) is 11.5 Å². The van der Waals surface area contributed by atoms with Gasteiger partial charge in [-0.1, -0.05) is 5.16 Å². The Balaban J connectivity index is 1.80. The number of imidazole rings is 1. The molecule has 0 unspecified atom stereocenters. The Bertz CT molecular complexity index is 1040. The standard InChI is InChI=1S/C14H15FN4O4S/c1-8-13(9(2)23-18-8)24(21,22)16-5-6-19-12-4-3-10(15)7-11(12)17-14(19)20/h3-4,7,16H,5-6H2,1-2H3,(H,17,20). The van der Waals surface area contributed by atoms with Gasteiger partial charge in [-0.25, -0.2) is 22.3 Å². The fraction of sp³-hybridized carbons (Fsp3) is 0.286. The molecular formula is C14H15FN4O4S. The fourth-order valence-electron chi connectivity index (χ4n) is 2.58. The quantitative estimate of drug-likeness (QED) is 0.712. The highest BCUT2D eigenvalue weighted by Gasteiger charge is 2.23. The number of benzene rings is 1. The van der Waals surface area contributed by atoms with Crippen molar-refractivity contribution in [1.82, 2.24) is 19.4 Å². The number of hydrogen-bond acceptors (Lipinski definition) is 5. The molecule has 0 fully saturated rings. The van der Waals surface area contributed by atoms with Crippen LogP contribution in [0.5, 0.6) is 0 Å². The molecule has 0 atom stereocenters. The van der Waals surface area contributed by atoms with Crippen LogP contribution in [0.3, 0.4) is 0 Å². The number of nitrogens with one attached hydrogen (secondary N) is 2. The predicted molar refractivity (Wildman–Crippen MR) is 83.7 cm³/mol. The van der Waals surface area contributed by atoms with Crippen molar-refractivity contribution in [3.63, 3.8) is 0 Å². The van der Waals surface area contributed by atoms with Crippen LogP contribution in [0.2, 0.25) is 0 Å². The van der Waals surface area contributed by atoms with Crippen molar-refractivity contribution in [1.29, 1.82) is 0 Å². The first kappa shape index (κ1) is 16.4. The number of sulfonamides is 1. The minimum absolute atomic E-state index is 0.00385. The van der Waals surface area contributed by atoms with Crippen LogP contribution in [0.15, 0.2) is 32.4 Å². The van der Waals surface area contributed by atoms with Gasteiger partial charge in [0.15, 0.2) is 5.76 Å². The van der Waals surface area contributed by atoms with Gasteiger partial charge in [0.2, 0.25) is 10.0 Å². The van der Waals surface area contributed by atoms with Gasteiger partial charge in [0.05, 0.1) is 11.0 Å². The molecule has 10 heteroatoms. The summed E-state index contributed by atoms with van der Waals surface area (Å²) in [4.78, 5) is 14.4. The third-order valence-electron chi connectivity index (χ3n) is 3.60. The lowest BCUT2D eigenvalue weighted by Gasteiger charge is -2.07. The molecule has 3 aromatic rings. The molecule has 2 heterocycles. The van der Waals surface area contributed by atoms with Gasteiger partial charge < -0.3 is 9.51 Å². The van der Waals surface area contributed by atoms with E-state index < -0.39 is 21.5 Å². The first-order valence-corrected chi connectivity index (χ1v) is 8.58. The van der Waals surface area contributed by atoms with Crippen molar-refractivity contribution >= 4 is 21.1 Å². The molecule has 24 heavy (non-hydrogen) atoms. The average molecular weight is 354 g/mol. The summed E-state index contributed by atoms with van der Waals surface area (Å²) >= 11 is 0. The van der Waals surface area contributed by atoms with Crippen molar-refractivity contribution in [2.75, 3.05) is 6.54 Å². The summed E-state index contributed by atoms with van der Waals surface area (Å²) in [7, 11) is -3.80. The van der Waals surface area contributed by atoms with E-state index in [4.69, 9.17) is 4.52 Å². The smallest absolute Gasteiger partial charge is 0.326 e. The van der Waals surface area contributed by atoms with Gasteiger partial charge in [-0.15, -0.1) is 0 Å². The lowest BCUT2D eigenvalue weighted by atomic mass is 10.3. The van der Waals surface area contributed by atoms with E-state index in [1.54, 1.807) is 0 Å². The van der Waals surface area contributed by atoms with E-state index in [1.165, 1.54) is 36.6 Å². The molecule has 0 aliphatic heterocycles. The third kappa shape index (κ3) is 2.85. The molecule has 0 aliphatic carbocycles. The Morgan fingerprint density at radius 1 is 1.38 bits per heavy atom. The van der Waals surface area contributed by atoms with E-state index in [1.807, 2.05) is 0 Å². The average Bonchev–Trinajstić information content (AvgIpc) is 2.98. The first-order chi connectivity index (χ1) is 11.3. The number of fused-ring (bicyclic) bond motifs is 1. The van der Waals surface area contributed by atoms with Gasteiger partial charge in [0, 0.05) is 13.1 Å². The topological polar surface area (TPSA) is 110 Å². The summed E-state index contributed by atoms with van der Waals surface area (Å²) in [5, 5.41) is 3.61. The fourth-order valence-corrected chi connectivity index (χ4v) is 3.93. The molecule has 0 radical (unpaired) electrons. The maximum atomic E-state index is 13.2. The lowest BCUT2D eigenvalue weighted by molar-refractivity contribution is 0.390. The van der Waals surface area contributed by atoms with Crippen LogP contribution >= 0.6 is 0 Å². The summed E-state index contributed by atoms with van der Waals surface area (Å²) in [6.07, 6.45) is 0. The van der Waals surface area contributed by atoms with Crippen molar-refractivity contribution < 1.29 is 17.3 Å². The van der Waals surface area contributed by atoms with Gasteiger partial charge in [-0.3, -0.25) is 4.57 Å². The second-order valence-electron chi connectivity index (χ2n) is 5.29. The molecule has 0 bridgehead atoms. The van der Waals surface area contributed by atoms with Crippen molar-refractivity contribution in [3.05, 3.63) is 46.0 Å². The molecule has 2 aromatic heterocycles. The summed E-state index contributed by atoms with van der Waals surface area (Å²) in [6.45, 7) is 3.11. The maximum absolute atomic E-state index is 13.2. The molecule has 0 spiro atoms. The molecule has 1 aromatic carbocycles. The minimum atomic E-state index is -3.80. The maximum Gasteiger partial charge on any atom is 0.326 e. The molecule has 128 valence electrons. The van der Waals surface area contributed by atoms with Gasteiger partial charge in [0.25, 0.3) is 0 Å². The molecule has 0 amide bonds. The van der Waals surface area contributed by atoms with Crippen LogP contribution in [-0.4, -0.2) is 29.7 Å². The van der Waals surface area contributed by atoms with E-state index >= 15 is 0 Å². The molecule has 2 N–H and O–H groups in total. The summed E-state index contributed by atoms with van der Waals surface area (Å²) < 4.78 is 46.4. The van der Waals surface area contributed by atoms with Gasteiger partial charge in [-0.2, -0.15) is 0 Å². The van der Waals surface area contributed by atoms with Crippen LogP contribution < -0.4 is 10.4 Å². The number of H-pyrrole nitrogens is 1. The number of halogens is 1. The monoisotopic (exact) mass is 354 g/mol. The van der Waals surface area contributed by atoms with Crippen molar-refractivity contribution in [2.24, 2.45) is 0 Å². The van der Waals surface area contributed by atoms with Gasteiger partial charge in [0.1, 0.15) is 16.4 Å². The highest BCUT2D eigenvalue weighted by Crippen LogP contribution is 2.18. The number of rotatable bonds is 5. The Hall–Kier alpha value is -2.46. The van der Waals surface area contributed by atoms with E-state index in [0.29, 0.717) is 11.0 Å². The number of aromatic amines is 1. The molecule has 8 nitrogen and oxygen atoms in total. The highest BCUT2D eigenvalue weighted by molar-refractivity contribution is 7.89. The Morgan fingerprint density at radius 3 is 2.79 bits per heavy atom. The van der Waals surface area contributed by atoms with Crippen molar-refractivity contribution in [2.45, 2.75) is 25.3 Å². The number of aromatic nitrogens is 3. The molecule has 0 aliphatic rings. The minimum Gasteiger partial charge on any atom is -0.360 e. The molecule has 3 rings (SSSR count). The number of aryl methyl sites for hydroxylation is 2.